The number of hydrogen-bond donors (Lipinski definition) is 1. The quantitative estimate of drug-likeness (QED) is 0.645. The molecule has 0 unspecified atom stereocenters. The summed E-state index contributed by atoms with van der Waals surface area (Å²) in [5, 5.41) is 14.6. The number of nitrogens with one attached hydrogen (secondary N) is 1. The third kappa shape index (κ3) is 4.16. The Morgan fingerprint density at radius 1 is 1.42 bits per heavy atom. The van der Waals surface area contributed by atoms with Gasteiger partial charge in [0.25, 0.3) is 5.69 Å². The Labute approximate surface area is 118 Å². The van der Waals surface area contributed by atoms with Crippen molar-refractivity contribution in [2.24, 2.45) is 0 Å². The smallest absolute Gasteiger partial charge is 0.275 e. The third-order valence-corrected chi connectivity index (χ3v) is 3.71. The minimum absolute atomic E-state index is 0.0317. The molecular weight excluding hydrogens is 266 g/mol. The molecule has 0 aromatic heterocycles. The van der Waals surface area contributed by atoms with Gasteiger partial charge in [-0.05, 0) is 34.0 Å². The van der Waals surface area contributed by atoms with E-state index in [2.05, 4.69) is 24.1 Å². The lowest BCUT2D eigenvalue weighted by Gasteiger charge is -2.32. The molecule has 0 radical (unpaired) electrons. The summed E-state index contributed by atoms with van der Waals surface area (Å²) in [4.78, 5) is 12.6. The van der Waals surface area contributed by atoms with Crippen LogP contribution in [0.2, 0.25) is 5.02 Å². The second-order valence-corrected chi connectivity index (χ2v) is 5.71. The van der Waals surface area contributed by atoms with Crippen LogP contribution < -0.4 is 5.32 Å². The van der Waals surface area contributed by atoms with Gasteiger partial charge in [-0.3, -0.25) is 10.1 Å². The van der Waals surface area contributed by atoms with Crippen LogP contribution in [0, 0.1) is 10.1 Å². The van der Waals surface area contributed by atoms with Gasteiger partial charge in [0.15, 0.2) is 0 Å². The van der Waals surface area contributed by atoms with E-state index >= 15 is 0 Å². The Balaban J connectivity index is 2.76. The number of nitro benzene ring substituents is 1. The van der Waals surface area contributed by atoms with Crippen molar-refractivity contribution >= 4 is 17.3 Å². The van der Waals surface area contributed by atoms with E-state index in [-0.39, 0.29) is 11.2 Å². The fraction of sp³-hybridized carbons (Fsp3) is 0.538. The van der Waals surface area contributed by atoms with Crippen molar-refractivity contribution in [3.05, 3.63) is 38.9 Å². The topological polar surface area (TPSA) is 58.4 Å². The molecule has 1 aromatic rings. The van der Waals surface area contributed by atoms with Crippen LogP contribution in [0.3, 0.4) is 0 Å². The molecule has 1 rings (SSSR count). The standard InChI is InChI=1S/C13H20ClN3O2/c1-13(2,16(3)4)9-15-8-10-11(14)6-5-7-12(10)17(18)19/h5-7,15H,8-9H2,1-4H3. The highest BCUT2D eigenvalue weighted by atomic mass is 35.5. The predicted octanol–water partition coefficient (Wildman–Crippen LogP) is 2.68. The molecule has 106 valence electrons. The van der Waals surface area contributed by atoms with Gasteiger partial charge < -0.3 is 10.2 Å². The first-order valence-corrected chi connectivity index (χ1v) is 6.43. The molecule has 0 saturated carbocycles. The lowest BCUT2D eigenvalue weighted by Crippen LogP contribution is -2.46. The third-order valence-electron chi connectivity index (χ3n) is 3.36. The number of rotatable bonds is 6. The summed E-state index contributed by atoms with van der Waals surface area (Å²) in [5.41, 5.74) is 0.558. The van der Waals surface area contributed by atoms with E-state index < -0.39 is 4.92 Å². The molecule has 0 saturated heterocycles. The maximum Gasteiger partial charge on any atom is 0.275 e. The normalized spacial score (nSPS) is 11.9. The molecule has 6 heteroatoms. The van der Waals surface area contributed by atoms with Crippen molar-refractivity contribution < 1.29 is 4.92 Å². The van der Waals surface area contributed by atoms with Gasteiger partial charge in [-0.1, -0.05) is 17.7 Å². The molecule has 0 aliphatic carbocycles. The van der Waals surface area contributed by atoms with E-state index in [1.54, 1.807) is 12.1 Å². The zero-order valence-corrected chi connectivity index (χ0v) is 12.5. The highest BCUT2D eigenvalue weighted by Gasteiger charge is 2.21. The van der Waals surface area contributed by atoms with Crippen LogP contribution in [0.1, 0.15) is 19.4 Å². The molecule has 0 bridgehead atoms. The molecule has 0 amide bonds. The summed E-state index contributed by atoms with van der Waals surface area (Å²) in [6, 6.07) is 4.73. The highest BCUT2D eigenvalue weighted by Crippen LogP contribution is 2.26. The van der Waals surface area contributed by atoms with Crippen molar-refractivity contribution in [1.82, 2.24) is 10.2 Å². The average molecular weight is 286 g/mol. The van der Waals surface area contributed by atoms with E-state index in [9.17, 15) is 10.1 Å². The number of benzene rings is 1. The zero-order valence-electron chi connectivity index (χ0n) is 11.7. The largest absolute Gasteiger partial charge is 0.311 e. The van der Waals surface area contributed by atoms with Gasteiger partial charge in [-0.2, -0.15) is 0 Å². The van der Waals surface area contributed by atoms with Gasteiger partial charge in [-0.15, -0.1) is 0 Å². The summed E-state index contributed by atoms with van der Waals surface area (Å²) < 4.78 is 0. The average Bonchev–Trinajstić information content (AvgIpc) is 2.30. The lowest BCUT2D eigenvalue weighted by molar-refractivity contribution is -0.385. The van der Waals surface area contributed by atoms with Crippen molar-refractivity contribution in [3.63, 3.8) is 0 Å². The first-order chi connectivity index (χ1) is 8.75. The summed E-state index contributed by atoms with van der Waals surface area (Å²) in [6.07, 6.45) is 0. The first-order valence-electron chi connectivity index (χ1n) is 6.05. The van der Waals surface area contributed by atoms with Gasteiger partial charge in [0.1, 0.15) is 0 Å². The molecular formula is C13H20ClN3O2. The monoisotopic (exact) mass is 285 g/mol. The summed E-state index contributed by atoms with van der Waals surface area (Å²) >= 11 is 6.03. The molecule has 19 heavy (non-hydrogen) atoms. The predicted molar refractivity (Wildman–Crippen MR) is 77.6 cm³/mol. The van der Waals surface area contributed by atoms with Crippen LogP contribution in [0.15, 0.2) is 18.2 Å². The molecule has 5 nitrogen and oxygen atoms in total. The SMILES string of the molecule is CN(C)C(C)(C)CNCc1c(Cl)cccc1[N+](=O)[O-]. The fourth-order valence-corrected chi connectivity index (χ4v) is 1.78. The lowest BCUT2D eigenvalue weighted by atomic mass is 10.0. The molecule has 0 heterocycles. The van der Waals surface area contributed by atoms with Gasteiger partial charge in [0.2, 0.25) is 0 Å². The minimum Gasteiger partial charge on any atom is -0.311 e. The fourth-order valence-electron chi connectivity index (χ4n) is 1.54. The number of halogens is 1. The molecule has 0 fully saturated rings. The molecule has 0 atom stereocenters. The summed E-state index contributed by atoms with van der Waals surface area (Å²) in [7, 11) is 4.00. The number of hydrogen-bond acceptors (Lipinski definition) is 4. The molecule has 1 aromatic carbocycles. The van der Waals surface area contributed by atoms with Crippen LogP contribution in [0.5, 0.6) is 0 Å². The number of likely N-dealkylation sites (N-methyl/N-ethyl adjacent to an activating group) is 1. The Kier molecular flexibility index (Phi) is 5.29. The van der Waals surface area contributed by atoms with Crippen LogP contribution >= 0.6 is 11.6 Å². The second kappa shape index (κ2) is 6.32. The van der Waals surface area contributed by atoms with Gasteiger partial charge in [0, 0.05) is 24.7 Å². The first kappa shape index (κ1) is 15.9. The second-order valence-electron chi connectivity index (χ2n) is 5.31. The Morgan fingerprint density at radius 3 is 2.58 bits per heavy atom. The Hall–Kier alpha value is -1.17. The van der Waals surface area contributed by atoms with Crippen LogP contribution in [0.4, 0.5) is 5.69 Å². The van der Waals surface area contributed by atoms with Crippen molar-refractivity contribution in [2.75, 3.05) is 20.6 Å². The van der Waals surface area contributed by atoms with Crippen LogP contribution in [-0.2, 0) is 6.54 Å². The van der Waals surface area contributed by atoms with Gasteiger partial charge >= 0.3 is 0 Å². The van der Waals surface area contributed by atoms with Gasteiger partial charge in [-0.25, -0.2) is 0 Å². The van der Waals surface area contributed by atoms with Crippen LogP contribution in [-0.4, -0.2) is 36.0 Å². The highest BCUT2D eigenvalue weighted by molar-refractivity contribution is 6.31. The van der Waals surface area contributed by atoms with Crippen molar-refractivity contribution in [1.29, 1.82) is 0 Å². The summed E-state index contributed by atoms with van der Waals surface area (Å²) in [6.45, 7) is 5.29. The van der Waals surface area contributed by atoms with E-state index in [4.69, 9.17) is 11.6 Å². The maximum atomic E-state index is 11.0. The van der Waals surface area contributed by atoms with Gasteiger partial charge in [0.05, 0.1) is 15.5 Å². The molecule has 1 N–H and O–H groups in total. The molecule has 0 spiro atoms. The van der Waals surface area contributed by atoms with E-state index in [1.807, 2.05) is 14.1 Å². The van der Waals surface area contributed by atoms with Crippen molar-refractivity contribution in [2.45, 2.75) is 25.9 Å². The van der Waals surface area contributed by atoms with E-state index in [0.717, 1.165) is 0 Å². The Bertz CT molecular complexity index is 461. The van der Waals surface area contributed by atoms with E-state index in [0.29, 0.717) is 23.7 Å². The zero-order chi connectivity index (χ0) is 14.6. The van der Waals surface area contributed by atoms with E-state index in [1.165, 1.54) is 6.07 Å². The number of nitro groups is 1. The maximum absolute atomic E-state index is 11.0. The summed E-state index contributed by atoms with van der Waals surface area (Å²) in [5.74, 6) is 0. The number of nitrogens with zero attached hydrogens (tertiary/aromatic N) is 2. The van der Waals surface area contributed by atoms with Crippen molar-refractivity contribution in [3.8, 4) is 0 Å². The molecule has 0 aliphatic rings. The Morgan fingerprint density at radius 2 is 2.05 bits per heavy atom. The molecule has 0 aliphatic heterocycles. The van der Waals surface area contributed by atoms with Crippen LogP contribution in [0.25, 0.3) is 0 Å². The minimum atomic E-state index is -0.403.